The first-order valence-electron chi connectivity index (χ1n) is 4.04. The molecule has 1 heterocycles. The zero-order chi connectivity index (χ0) is 7.61. The van der Waals surface area contributed by atoms with E-state index in [1.807, 2.05) is 0 Å². The van der Waals surface area contributed by atoms with Crippen molar-refractivity contribution in [3.63, 3.8) is 0 Å². The topological polar surface area (TPSA) is 21.3 Å². The van der Waals surface area contributed by atoms with Gasteiger partial charge in [-0.2, -0.15) is 0 Å². The van der Waals surface area contributed by atoms with Gasteiger partial charge in [-0.25, -0.2) is 0 Å². The highest BCUT2D eigenvalue weighted by atomic mass is 16.5. The van der Waals surface area contributed by atoms with Crippen molar-refractivity contribution in [1.29, 1.82) is 0 Å². The van der Waals surface area contributed by atoms with Crippen LogP contribution >= 0.6 is 0 Å². The molecular formula is C8H17NO. The Labute approximate surface area is 63.0 Å². The zero-order valence-electron chi connectivity index (χ0n) is 7.11. The van der Waals surface area contributed by atoms with Gasteiger partial charge in [-0.15, -0.1) is 0 Å². The molecule has 1 fully saturated rings. The van der Waals surface area contributed by atoms with Crippen LogP contribution in [0.1, 0.15) is 27.2 Å². The van der Waals surface area contributed by atoms with Gasteiger partial charge in [0, 0.05) is 0 Å². The van der Waals surface area contributed by atoms with Gasteiger partial charge in [0.05, 0.1) is 6.61 Å². The molecular weight excluding hydrogens is 126 g/mol. The fourth-order valence-electron chi connectivity index (χ4n) is 1.11. The summed E-state index contributed by atoms with van der Waals surface area (Å²) in [6, 6.07) is 0. The second kappa shape index (κ2) is 2.89. The SMILES string of the molecule is CC(C)[C@@]1(C)NCCCO1. The number of ether oxygens (including phenoxy) is 1. The predicted molar refractivity (Wildman–Crippen MR) is 41.8 cm³/mol. The minimum Gasteiger partial charge on any atom is -0.361 e. The molecule has 0 amide bonds. The number of rotatable bonds is 1. The van der Waals surface area contributed by atoms with Crippen LogP contribution in [-0.2, 0) is 4.74 Å². The largest absolute Gasteiger partial charge is 0.361 e. The third-order valence-corrected chi connectivity index (χ3v) is 2.30. The molecule has 0 aliphatic carbocycles. The molecule has 1 aliphatic heterocycles. The third kappa shape index (κ3) is 1.50. The van der Waals surface area contributed by atoms with E-state index in [0.717, 1.165) is 19.6 Å². The molecule has 0 aromatic rings. The molecule has 0 aromatic heterocycles. The molecule has 0 unspecified atom stereocenters. The second-order valence-electron chi connectivity index (χ2n) is 3.39. The van der Waals surface area contributed by atoms with Crippen molar-refractivity contribution in [2.24, 2.45) is 5.92 Å². The lowest BCUT2D eigenvalue weighted by atomic mass is 10.0. The lowest BCUT2D eigenvalue weighted by Crippen LogP contribution is -2.53. The lowest BCUT2D eigenvalue weighted by molar-refractivity contribution is -0.111. The molecule has 10 heavy (non-hydrogen) atoms. The van der Waals surface area contributed by atoms with Gasteiger partial charge >= 0.3 is 0 Å². The highest BCUT2D eigenvalue weighted by Crippen LogP contribution is 2.20. The van der Waals surface area contributed by atoms with Gasteiger partial charge in [0.15, 0.2) is 0 Å². The number of hydrogen-bond acceptors (Lipinski definition) is 2. The van der Waals surface area contributed by atoms with Crippen molar-refractivity contribution < 1.29 is 4.74 Å². The fourth-order valence-corrected chi connectivity index (χ4v) is 1.11. The maximum absolute atomic E-state index is 5.62. The summed E-state index contributed by atoms with van der Waals surface area (Å²) in [6.45, 7) is 8.48. The highest BCUT2D eigenvalue weighted by Gasteiger charge is 2.30. The van der Waals surface area contributed by atoms with E-state index in [4.69, 9.17) is 4.74 Å². The fraction of sp³-hybridized carbons (Fsp3) is 1.00. The molecule has 1 rings (SSSR count). The van der Waals surface area contributed by atoms with Crippen LogP contribution in [0.25, 0.3) is 0 Å². The van der Waals surface area contributed by atoms with Gasteiger partial charge in [0.25, 0.3) is 0 Å². The van der Waals surface area contributed by atoms with Crippen LogP contribution in [0, 0.1) is 5.92 Å². The van der Waals surface area contributed by atoms with Crippen LogP contribution in [0.5, 0.6) is 0 Å². The summed E-state index contributed by atoms with van der Waals surface area (Å²) in [5, 5.41) is 3.37. The molecule has 2 nitrogen and oxygen atoms in total. The van der Waals surface area contributed by atoms with E-state index >= 15 is 0 Å². The standard InChI is InChI=1S/C8H17NO/c1-7(2)8(3)9-5-4-6-10-8/h7,9H,4-6H2,1-3H3/t8-/m0/s1. The summed E-state index contributed by atoms with van der Waals surface area (Å²) in [5.41, 5.74) is -0.0712. The van der Waals surface area contributed by atoms with E-state index < -0.39 is 0 Å². The summed E-state index contributed by atoms with van der Waals surface area (Å²) in [7, 11) is 0. The Balaban J connectivity index is 2.48. The first kappa shape index (κ1) is 8.02. The predicted octanol–water partition coefficient (Wildman–Crippen LogP) is 1.37. The zero-order valence-corrected chi connectivity index (χ0v) is 7.11. The Morgan fingerprint density at radius 1 is 1.50 bits per heavy atom. The first-order chi connectivity index (χ1) is 4.65. The minimum atomic E-state index is -0.0712. The Morgan fingerprint density at radius 3 is 2.50 bits per heavy atom. The molecule has 0 spiro atoms. The Bertz CT molecular complexity index is 106. The normalized spacial score (nSPS) is 34.8. The van der Waals surface area contributed by atoms with Crippen molar-refractivity contribution in [3.8, 4) is 0 Å². The van der Waals surface area contributed by atoms with E-state index in [1.54, 1.807) is 0 Å². The van der Waals surface area contributed by atoms with Crippen molar-refractivity contribution in [2.45, 2.75) is 32.9 Å². The lowest BCUT2D eigenvalue weighted by Gasteiger charge is -2.38. The Hall–Kier alpha value is -0.0800. The molecule has 1 N–H and O–H groups in total. The van der Waals surface area contributed by atoms with Gasteiger partial charge in [0.1, 0.15) is 5.72 Å². The smallest absolute Gasteiger partial charge is 0.118 e. The second-order valence-corrected chi connectivity index (χ2v) is 3.39. The van der Waals surface area contributed by atoms with Crippen LogP contribution in [0.2, 0.25) is 0 Å². The minimum absolute atomic E-state index is 0.0712. The Morgan fingerprint density at radius 2 is 2.20 bits per heavy atom. The van der Waals surface area contributed by atoms with Gasteiger partial charge in [-0.3, -0.25) is 5.32 Å². The van der Waals surface area contributed by atoms with Crippen LogP contribution in [-0.4, -0.2) is 18.9 Å². The maximum atomic E-state index is 5.62. The molecule has 0 saturated carbocycles. The van der Waals surface area contributed by atoms with Crippen LogP contribution < -0.4 is 5.32 Å². The van der Waals surface area contributed by atoms with Gasteiger partial charge in [-0.1, -0.05) is 13.8 Å². The average molecular weight is 143 g/mol. The molecule has 2 heteroatoms. The monoisotopic (exact) mass is 143 g/mol. The van der Waals surface area contributed by atoms with Crippen LogP contribution in [0.4, 0.5) is 0 Å². The molecule has 1 saturated heterocycles. The molecule has 1 aliphatic rings. The molecule has 0 bridgehead atoms. The highest BCUT2D eigenvalue weighted by molar-refractivity contribution is 4.78. The summed E-state index contributed by atoms with van der Waals surface area (Å²) >= 11 is 0. The van der Waals surface area contributed by atoms with Gasteiger partial charge < -0.3 is 4.74 Å². The van der Waals surface area contributed by atoms with E-state index in [9.17, 15) is 0 Å². The van der Waals surface area contributed by atoms with E-state index in [2.05, 4.69) is 26.1 Å². The Kier molecular flexibility index (Phi) is 2.32. The maximum Gasteiger partial charge on any atom is 0.118 e. The average Bonchev–Trinajstić information content (AvgIpc) is 1.89. The van der Waals surface area contributed by atoms with Crippen molar-refractivity contribution >= 4 is 0 Å². The third-order valence-electron chi connectivity index (χ3n) is 2.30. The molecule has 60 valence electrons. The molecule has 1 atom stereocenters. The molecule has 0 radical (unpaired) electrons. The summed E-state index contributed by atoms with van der Waals surface area (Å²) in [6.07, 6.45) is 1.14. The first-order valence-corrected chi connectivity index (χ1v) is 4.04. The van der Waals surface area contributed by atoms with E-state index in [0.29, 0.717) is 5.92 Å². The van der Waals surface area contributed by atoms with Gasteiger partial charge in [-0.05, 0) is 25.8 Å². The van der Waals surface area contributed by atoms with Gasteiger partial charge in [0.2, 0.25) is 0 Å². The van der Waals surface area contributed by atoms with E-state index in [1.165, 1.54) is 0 Å². The number of nitrogens with one attached hydrogen (secondary N) is 1. The van der Waals surface area contributed by atoms with Crippen LogP contribution in [0.3, 0.4) is 0 Å². The van der Waals surface area contributed by atoms with Crippen molar-refractivity contribution in [3.05, 3.63) is 0 Å². The van der Waals surface area contributed by atoms with E-state index in [-0.39, 0.29) is 5.72 Å². The van der Waals surface area contributed by atoms with Crippen molar-refractivity contribution in [1.82, 2.24) is 5.32 Å². The quantitative estimate of drug-likeness (QED) is 0.598. The summed E-state index contributed by atoms with van der Waals surface area (Å²) in [4.78, 5) is 0. The summed E-state index contributed by atoms with van der Waals surface area (Å²) < 4.78 is 5.62. The van der Waals surface area contributed by atoms with Crippen LogP contribution in [0.15, 0.2) is 0 Å². The number of hydrogen-bond donors (Lipinski definition) is 1. The van der Waals surface area contributed by atoms with Crippen molar-refractivity contribution in [2.75, 3.05) is 13.2 Å². The molecule has 0 aromatic carbocycles. The summed E-state index contributed by atoms with van der Waals surface area (Å²) in [5.74, 6) is 0.549.